The smallest absolute Gasteiger partial charge is 0.254 e. The van der Waals surface area contributed by atoms with Crippen LogP contribution in [-0.2, 0) is 9.59 Å². The fourth-order valence-electron chi connectivity index (χ4n) is 1.91. The number of para-hydroxylation sites is 1. The summed E-state index contributed by atoms with van der Waals surface area (Å²) < 4.78 is 5.24. The minimum atomic E-state index is -0.307. The molecule has 1 fully saturated rings. The number of hydrogen-bond donors (Lipinski definition) is 1. The van der Waals surface area contributed by atoms with E-state index in [1.807, 2.05) is 31.2 Å². The molecule has 0 atom stereocenters. The second kappa shape index (κ2) is 4.41. The van der Waals surface area contributed by atoms with Crippen molar-refractivity contribution in [3.05, 3.63) is 35.4 Å². The highest BCUT2D eigenvalue weighted by molar-refractivity contribution is 6.17. The number of methoxy groups -OCH3 is 1. The molecule has 1 aromatic carbocycles. The molecule has 2 rings (SSSR count). The van der Waals surface area contributed by atoms with Gasteiger partial charge in [-0.25, -0.2) is 0 Å². The summed E-state index contributed by atoms with van der Waals surface area (Å²) in [4.78, 5) is 22.7. The second-order valence-corrected chi connectivity index (χ2v) is 3.86. The Morgan fingerprint density at radius 3 is 2.59 bits per heavy atom. The Hall–Kier alpha value is -2.10. The van der Waals surface area contributed by atoms with E-state index < -0.39 is 0 Å². The van der Waals surface area contributed by atoms with Crippen LogP contribution in [0.5, 0.6) is 5.75 Å². The molecule has 0 radical (unpaired) electrons. The number of carbonyl (C=O) groups is 2. The molecule has 0 bridgehead atoms. The number of benzene rings is 1. The summed E-state index contributed by atoms with van der Waals surface area (Å²) in [5.74, 6) is 0.141. The molecule has 1 N–H and O–H groups in total. The van der Waals surface area contributed by atoms with Crippen molar-refractivity contribution < 1.29 is 14.3 Å². The van der Waals surface area contributed by atoms with Crippen LogP contribution in [-0.4, -0.2) is 18.9 Å². The van der Waals surface area contributed by atoms with Crippen LogP contribution >= 0.6 is 0 Å². The number of carbonyl (C=O) groups excluding carboxylic acids is 2. The van der Waals surface area contributed by atoms with Gasteiger partial charge < -0.3 is 4.74 Å². The monoisotopic (exact) mass is 231 g/mol. The van der Waals surface area contributed by atoms with Gasteiger partial charge in [-0.15, -0.1) is 0 Å². The molecule has 88 valence electrons. The SMILES string of the molecule is COc1ccccc1C(C)=C1CC(=O)NC1=O. The van der Waals surface area contributed by atoms with Gasteiger partial charge in [0.2, 0.25) is 5.91 Å². The lowest BCUT2D eigenvalue weighted by Gasteiger charge is -2.09. The van der Waals surface area contributed by atoms with Crippen molar-refractivity contribution in [1.29, 1.82) is 0 Å². The Morgan fingerprint density at radius 2 is 2.00 bits per heavy atom. The zero-order valence-corrected chi connectivity index (χ0v) is 9.74. The first-order valence-electron chi connectivity index (χ1n) is 5.31. The summed E-state index contributed by atoms with van der Waals surface area (Å²) in [5, 5.41) is 2.28. The number of nitrogens with one attached hydrogen (secondary N) is 1. The van der Waals surface area contributed by atoms with E-state index in [0.29, 0.717) is 11.3 Å². The van der Waals surface area contributed by atoms with Gasteiger partial charge in [0.05, 0.1) is 13.5 Å². The Balaban J connectivity index is 2.49. The van der Waals surface area contributed by atoms with Gasteiger partial charge in [-0.2, -0.15) is 0 Å². The minimum Gasteiger partial charge on any atom is -0.496 e. The molecule has 17 heavy (non-hydrogen) atoms. The summed E-state index contributed by atoms with van der Waals surface area (Å²) in [6, 6.07) is 7.43. The van der Waals surface area contributed by atoms with Gasteiger partial charge in [0, 0.05) is 11.1 Å². The maximum Gasteiger partial charge on any atom is 0.254 e. The van der Waals surface area contributed by atoms with Crippen molar-refractivity contribution in [3.63, 3.8) is 0 Å². The van der Waals surface area contributed by atoms with Crippen LogP contribution < -0.4 is 10.1 Å². The molecule has 1 aliphatic heterocycles. The molecule has 1 heterocycles. The summed E-state index contributed by atoms with van der Waals surface area (Å²) in [6.45, 7) is 1.82. The quantitative estimate of drug-likeness (QED) is 0.620. The first-order chi connectivity index (χ1) is 8.13. The Kier molecular flexibility index (Phi) is 2.95. The van der Waals surface area contributed by atoms with Crippen molar-refractivity contribution in [2.24, 2.45) is 0 Å². The normalized spacial score (nSPS) is 18.0. The lowest BCUT2D eigenvalue weighted by Crippen LogP contribution is -2.19. The van der Waals surface area contributed by atoms with Crippen molar-refractivity contribution in [3.8, 4) is 5.75 Å². The average molecular weight is 231 g/mol. The molecular formula is C13H13NO3. The van der Waals surface area contributed by atoms with E-state index in [1.54, 1.807) is 7.11 Å². The first-order valence-corrected chi connectivity index (χ1v) is 5.31. The maximum atomic E-state index is 11.6. The second-order valence-electron chi connectivity index (χ2n) is 3.86. The van der Waals surface area contributed by atoms with Crippen LogP contribution in [0, 0.1) is 0 Å². The molecule has 4 heteroatoms. The molecule has 1 aromatic rings. The Morgan fingerprint density at radius 1 is 1.29 bits per heavy atom. The van der Waals surface area contributed by atoms with Gasteiger partial charge in [0.1, 0.15) is 5.75 Å². The summed E-state index contributed by atoms with van der Waals surface area (Å²) >= 11 is 0. The van der Waals surface area contributed by atoms with Crippen LogP contribution in [0.1, 0.15) is 18.9 Å². The van der Waals surface area contributed by atoms with E-state index in [4.69, 9.17) is 4.74 Å². The third-order valence-electron chi connectivity index (χ3n) is 2.83. The number of hydrogen-bond acceptors (Lipinski definition) is 3. The number of rotatable bonds is 2. The fraction of sp³-hybridized carbons (Fsp3) is 0.231. The third-order valence-corrected chi connectivity index (χ3v) is 2.83. The molecular weight excluding hydrogens is 218 g/mol. The van der Waals surface area contributed by atoms with Gasteiger partial charge in [0.25, 0.3) is 5.91 Å². The van der Waals surface area contributed by atoms with Gasteiger partial charge in [-0.05, 0) is 18.6 Å². The van der Waals surface area contributed by atoms with Gasteiger partial charge in [0.15, 0.2) is 0 Å². The fourth-order valence-corrected chi connectivity index (χ4v) is 1.91. The largest absolute Gasteiger partial charge is 0.496 e. The molecule has 0 unspecified atom stereocenters. The molecule has 4 nitrogen and oxygen atoms in total. The maximum absolute atomic E-state index is 11.6. The van der Waals surface area contributed by atoms with Crippen LogP contribution in [0.2, 0.25) is 0 Å². The van der Waals surface area contributed by atoms with Gasteiger partial charge in [-0.3, -0.25) is 14.9 Å². The number of imide groups is 1. The first kappa shape index (κ1) is 11.4. The van der Waals surface area contributed by atoms with E-state index in [1.165, 1.54) is 0 Å². The highest BCUT2D eigenvalue weighted by atomic mass is 16.5. The zero-order chi connectivity index (χ0) is 12.4. The minimum absolute atomic E-state index is 0.142. The standard InChI is InChI=1S/C13H13NO3/c1-8(10-7-12(15)14-13(10)16)9-5-3-4-6-11(9)17-2/h3-6H,7H2,1-2H3,(H,14,15,16). The highest BCUT2D eigenvalue weighted by Crippen LogP contribution is 2.30. The number of amides is 2. The highest BCUT2D eigenvalue weighted by Gasteiger charge is 2.26. The summed E-state index contributed by atoms with van der Waals surface area (Å²) in [6.07, 6.45) is 0.142. The average Bonchev–Trinajstić information content (AvgIpc) is 2.67. The van der Waals surface area contributed by atoms with E-state index in [9.17, 15) is 9.59 Å². The molecule has 2 amide bonds. The molecule has 1 aliphatic rings. The molecule has 0 aromatic heterocycles. The topological polar surface area (TPSA) is 55.4 Å². The van der Waals surface area contributed by atoms with Crippen LogP contribution in [0.4, 0.5) is 0 Å². The number of allylic oxidation sites excluding steroid dienone is 1. The Labute approximate surface area is 99.3 Å². The van der Waals surface area contributed by atoms with E-state index in [0.717, 1.165) is 11.1 Å². The van der Waals surface area contributed by atoms with E-state index in [-0.39, 0.29) is 18.2 Å². The predicted molar refractivity (Wildman–Crippen MR) is 63.4 cm³/mol. The van der Waals surface area contributed by atoms with Crippen LogP contribution in [0.25, 0.3) is 5.57 Å². The molecule has 1 saturated heterocycles. The van der Waals surface area contributed by atoms with Gasteiger partial charge in [-0.1, -0.05) is 18.2 Å². The summed E-state index contributed by atoms with van der Waals surface area (Å²) in [7, 11) is 1.58. The zero-order valence-electron chi connectivity index (χ0n) is 9.74. The van der Waals surface area contributed by atoms with E-state index in [2.05, 4.69) is 5.32 Å². The molecule has 0 saturated carbocycles. The van der Waals surface area contributed by atoms with Crippen molar-refractivity contribution in [2.75, 3.05) is 7.11 Å². The van der Waals surface area contributed by atoms with E-state index >= 15 is 0 Å². The molecule has 0 spiro atoms. The van der Waals surface area contributed by atoms with Crippen LogP contribution in [0.3, 0.4) is 0 Å². The van der Waals surface area contributed by atoms with Crippen molar-refractivity contribution >= 4 is 17.4 Å². The molecule has 0 aliphatic carbocycles. The van der Waals surface area contributed by atoms with Crippen molar-refractivity contribution in [2.45, 2.75) is 13.3 Å². The van der Waals surface area contributed by atoms with Crippen LogP contribution in [0.15, 0.2) is 29.8 Å². The predicted octanol–water partition coefficient (Wildman–Crippen LogP) is 1.52. The summed E-state index contributed by atoms with van der Waals surface area (Å²) in [5.41, 5.74) is 2.14. The lowest BCUT2D eigenvalue weighted by atomic mass is 9.99. The van der Waals surface area contributed by atoms with Crippen molar-refractivity contribution in [1.82, 2.24) is 5.32 Å². The van der Waals surface area contributed by atoms with Gasteiger partial charge >= 0.3 is 0 Å². The third kappa shape index (κ3) is 2.06. The number of ether oxygens (including phenoxy) is 1. The lowest BCUT2D eigenvalue weighted by molar-refractivity contribution is -0.124. The Bertz CT molecular complexity index is 517.